The number of aryl methyl sites for hydroxylation is 2. The lowest BCUT2D eigenvalue weighted by molar-refractivity contribution is 0.101. The van der Waals surface area contributed by atoms with Crippen LogP contribution < -0.4 is 4.74 Å². The van der Waals surface area contributed by atoms with Gasteiger partial charge in [-0.25, -0.2) is 18.4 Å². The van der Waals surface area contributed by atoms with Gasteiger partial charge in [0.2, 0.25) is 10.0 Å². The second-order valence-electron chi connectivity index (χ2n) is 6.76. The van der Waals surface area contributed by atoms with E-state index in [1.165, 1.54) is 23.4 Å². The second-order valence-corrected chi connectivity index (χ2v) is 8.70. The predicted octanol–water partition coefficient (Wildman–Crippen LogP) is 2.53. The Morgan fingerprint density at radius 1 is 1.19 bits per heavy atom. The van der Waals surface area contributed by atoms with E-state index in [-0.39, 0.29) is 29.3 Å². The molecule has 0 N–H and O–H groups in total. The highest BCUT2D eigenvalue weighted by Crippen LogP contribution is 2.23. The van der Waals surface area contributed by atoms with E-state index in [0.29, 0.717) is 18.5 Å². The molecule has 27 heavy (non-hydrogen) atoms. The van der Waals surface area contributed by atoms with E-state index < -0.39 is 10.0 Å². The Labute approximate surface area is 159 Å². The molecular formula is C19H23N3O4S. The summed E-state index contributed by atoms with van der Waals surface area (Å²) in [4.78, 5) is 20.2. The van der Waals surface area contributed by atoms with E-state index in [4.69, 9.17) is 4.74 Å². The number of sulfonamides is 1. The van der Waals surface area contributed by atoms with Crippen LogP contribution in [-0.4, -0.2) is 47.7 Å². The summed E-state index contributed by atoms with van der Waals surface area (Å²) in [5, 5.41) is 0. The molecule has 144 valence electrons. The largest absolute Gasteiger partial charge is 0.459 e. The number of hydrogen-bond donors (Lipinski definition) is 0. The number of benzene rings is 1. The van der Waals surface area contributed by atoms with E-state index in [9.17, 15) is 13.2 Å². The third-order valence-corrected chi connectivity index (χ3v) is 6.31. The van der Waals surface area contributed by atoms with Gasteiger partial charge in [0, 0.05) is 23.5 Å². The van der Waals surface area contributed by atoms with Crippen LogP contribution >= 0.6 is 0 Å². The quantitative estimate of drug-likeness (QED) is 0.730. The molecule has 8 heteroatoms. The van der Waals surface area contributed by atoms with Gasteiger partial charge in [0.1, 0.15) is 6.10 Å². The normalized spacial score (nSPS) is 18.3. The lowest BCUT2D eigenvalue weighted by Crippen LogP contribution is -2.44. The maximum atomic E-state index is 13.0. The van der Waals surface area contributed by atoms with Crippen LogP contribution in [0.1, 0.15) is 41.5 Å². The van der Waals surface area contributed by atoms with Gasteiger partial charge >= 0.3 is 6.01 Å². The van der Waals surface area contributed by atoms with Crippen LogP contribution in [0.4, 0.5) is 0 Å². The molecule has 2 heterocycles. The van der Waals surface area contributed by atoms with Crippen molar-refractivity contribution in [2.45, 2.75) is 44.6 Å². The van der Waals surface area contributed by atoms with E-state index in [0.717, 1.165) is 17.8 Å². The third-order valence-electron chi connectivity index (χ3n) is 4.45. The summed E-state index contributed by atoms with van der Waals surface area (Å²) in [5.74, 6) is -0.168. The van der Waals surface area contributed by atoms with Crippen LogP contribution in [0.5, 0.6) is 6.01 Å². The Kier molecular flexibility index (Phi) is 5.57. The summed E-state index contributed by atoms with van der Waals surface area (Å²) in [6.07, 6.45) is 1.10. The average molecular weight is 389 g/mol. The molecule has 1 aliphatic heterocycles. The zero-order valence-electron chi connectivity index (χ0n) is 15.7. The number of nitrogens with zero attached hydrogens (tertiary/aromatic N) is 3. The van der Waals surface area contributed by atoms with E-state index in [2.05, 4.69) is 9.97 Å². The van der Waals surface area contributed by atoms with Crippen molar-refractivity contribution in [1.29, 1.82) is 0 Å². The first-order valence-corrected chi connectivity index (χ1v) is 10.3. The first kappa shape index (κ1) is 19.4. The number of ketones is 1. The van der Waals surface area contributed by atoms with Crippen LogP contribution in [0, 0.1) is 13.8 Å². The minimum Gasteiger partial charge on any atom is -0.459 e. The molecule has 0 amide bonds. The average Bonchev–Trinajstić information content (AvgIpc) is 2.61. The Morgan fingerprint density at radius 3 is 2.56 bits per heavy atom. The van der Waals surface area contributed by atoms with Gasteiger partial charge in [0.25, 0.3) is 0 Å². The molecule has 1 unspecified atom stereocenters. The summed E-state index contributed by atoms with van der Waals surface area (Å²) in [5.41, 5.74) is 1.99. The summed E-state index contributed by atoms with van der Waals surface area (Å²) in [7, 11) is -3.70. The predicted molar refractivity (Wildman–Crippen MR) is 100 cm³/mol. The highest BCUT2D eigenvalue weighted by molar-refractivity contribution is 7.89. The van der Waals surface area contributed by atoms with Gasteiger partial charge in [-0.15, -0.1) is 0 Å². The Balaban J connectivity index is 1.78. The molecule has 1 aromatic carbocycles. The molecule has 0 radical (unpaired) electrons. The molecule has 0 aliphatic carbocycles. The molecular weight excluding hydrogens is 366 g/mol. The van der Waals surface area contributed by atoms with Crippen molar-refractivity contribution in [3.63, 3.8) is 0 Å². The van der Waals surface area contributed by atoms with E-state index >= 15 is 0 Å². The number of carbonyl (C=O) groups is 1. The van der Waals surface area contributed by atoms with Crippen molar-refractivity contribution in [3.05, 3.63) is 47.3 Å². The maximum absolute atomic E-state index is 13.0. The van der Waals surface area contributed by atoms with Crippen LogP contribution in [0.2, 0.25) is 0 Å². The fourth-order valence-electron chi connectivity index (χ4n) is 3.14. The highest BCUT2D eigenvalue weighted by Gasteiger charge is 2.31. The lowest BCUT2D eigenvalue weighted by atomic mass is 10.1. The third kappa shape index (κ3) is 4.51. The maximum Gasteiger partial charge on any atom is 0.317 e. The van der Waals surface area contributed by atoms with Crippen molar-refractivity contribution in [2.75, 3.05) is 13.1 Å². The van der Waals surface area contributed by atoms with Crippen molar-refractivity contribution >= 4 is 15.8 Å². The Bertz CT molecular complexity index is 939. The molecule has 3 rings (SSSR count). The van der Waals surface area contributed by atoms with Gasteiger partial charge in [-0.1, -0.05) is 12.1 Å². The van der Waals surface area contributed by atoms with Crippen LogP contribution in [0.3, 0.4) is 0 Å². The molecule has 1 fully saturated rings. The zero-order valence-corrected chi connectivity index (χ0v) is 16.5. The number of piperidine rings is 1. The van der Waals surface area contributed by atoms with Crippen LogP contribution in [-0.2, 0) is 10.0 Å². The number of Topliss-reactive ketones (excluding diaryl/α,β-unsaturated/α-hetero) is 1. The van der Waals surface area contributed by atoms with Gasteiger partial charge in [-0.3, -0.25) is 4.79 Å². The smallest absolute Gasteiger partial charge is 0.317 e. The van der Waals surface area contributed by atoms with Crippen LogP contribution in [0.15, 0.2) is 35.2 Å². The molecule has 0 bridgehead atoms. The summed E-state index contributed by atoms with van der Waals surface area (Å²) in [6, 6.07) is 8.27. The molecule has 0 spiro atoms. The molecule has 1 aliphatic rings. The zero-order chi connectivity index (χ0) is 19.6. The van der Waals surface area contributed by atoms with Crippen LogP contribution in [0.25, 0.3) is 0 Å². The second kappa shape index (κ2) is 7.74. The standard InChI is InChI=1S/C19H23N3O4S/c1-13-10-14(2)21-19(20-13)26-17-7-5-9-22(12-17)27(24,25)18-8-4-6-16(11-18)15(3)23/h4,6,8,10-11,17H,5,7,9,12H2,1-3H3. The topological polar surface area (TPSA) is 89.5 Å². The minimum atomic E-state index is -3.70. The van der Waals surface area contributed by atoms with Gasteiger partial charge < -0.3 is 4.74 Å². The molecule has 1 saturated heterocycles. The highest BCUT2D eigenvalue weighted by atomic mass is 32.2. The fourth-order valence-corrected chi connectivity index (χ4v) is 4.70. The van der Waals surface area contributed by atoms with Gasteiger partial charge in [-0.05, 0) is 51.8 Å². The SMILES string of the molecule is CC(=O)c1cccc(S(=O)(=O)N2CCCC(Oc3nc(C)cc(C)n3)C2)c1. The van der Waals surface area contributed by atoms with E-state index in [1.807, 2.05) is 19.9 Å². The number of ether oxygens (including phenoxy) is 1. The van der Waals surface area contributed by atoms with Gasteiger partial charge in [-0.2, -0.15) is 4.31 Å². The molecule has 1 aromatic heterocycles. The monoisotopic (exact) mass is 389 g/mol. The lowest BCUT2D eigenvalue weighted by Gasteiger charge is -2.31. The number of aromatic nitrogens is 2. The minimum absolute atomic E-state index is 0.124. The Hall–Kier alpha value is -2.32. The number of hydrogen-bond acceptors (Lipinski definition) is 6. The number of rotatable bonds is 5. The first-order valence-electron chi connectivity index (χ1n) is 8.86. The van der Waals surface area contributed by atoms with Crippen molar-refractivity contribution in [2.24, 2.45) is 0 Å². The summed E-state index contributed by atoms with van der Waals surface area (Å²) >= 11 is 0. The van der Waals surface area contributed by atoms with E-state index in [1.54, 1.807) is 12.1 Å². The molecule has 0 saturated carbocycles. The molecule has 1 atom stereocenters. The van der Waals surface area contributed by atoms with Crippen molar-refractivity contribution in [1.82, 2.24) is 14.3 Å². The summed E-state index contributed by atoms with van der Waals surface area (Å²) in [6.45, 7) is 5.78. The molecule has 2 aromatic rings. The Morgan fingerprint density at radius 2 is 1.89 bits per heavy atom. The van der Waals surface area contributed by atoms with Crippen molar-refractivity contribution in [3.8, 4) is 6.01 Å². The van der Waals surface area contributed by atoms with Crippen molar-refractivity contribution < 1.29 is 17.9 Å². The van der Waals surface area contributed by atoms with Gasteiger partial charge in [0.15, 0.2) is 5.78 Å². The fraction of sp³-hybridized carbons (Fsp3) is 0.421. The first-order chi connectivity index (χ1) is 12.8. The number of carbonyl (C=O) groups excluding carboxylic acids is 1. The summed E-state index contributed by atoms with van der Waals surface area (Å²) < 4.78 is 33.3. The molecule has 7 nitrogen and oxygen atoms in total. The van der Waals surface area contributed by atoms with Gasteiger partial charge in [0.05, 0.1) is 11.4 Å².